The number of carbonyl (C=O) groups is 1. The number of benzene rings is 1. The monoisotopic (exact) mass is 370 g/mol. The molecule has 0 saturated carbocycles. The van der Waals surface area contributed by atoms with E-state index in [1.54, 1.807) is 6.33 Å². The number of likely N-dealkylation sites (tertiary alicyclic amines) is 1. The minimum Gasteiger partial charge on any atom is -0.328 e. The van der Waals surface area contributed by atoms with Gasteiger partial charge in [0.25, 0.3) is 0 Å². The van der Waals surface area contributed by atoms with Gasteiger partial charge in [-0.1, -0.05) is 24.6 Å². The van der Waals surface area contributed by atoms with Gasteiger partial charge in [-0.25, -0.2) is 4.79 Å². The van der Waals surface area contributed by atoms with Crippen molar-refractivity contribution in [1.29, 1.82) is 0 Å². The van der Waals surface area contributed by atoms with Crippen molar-refractivity contribution in [1.82, 2.24) is 25.0 Å². The number of para-hydroxylation sites is 1. The van der Waals surface area contributed by atoms with E-state index in [1.165, 1.54) is 19.3 Å². The quantitative estimate of drug-likeness (QED) is 0.812. The van der Waals surface area contributed by atoms with E-state index in [1.807, 2.05) is 29.7 Å². The highest BCUT2D eigenvalue weighted by molar-refractivity contribution is 5.90. The van der Waals surface area contributed by atoms with E-state index in [0.29, 0.717) is 0 Å². The zero-order valence-electron chi connectivity index (χ0n) is 16.5. The zero-order chi connectivity index (χ0) is 19.2. The second-order valence-corrected chi connectivity index (χ2v) is 7.50. The summed E-state index contributed by atoms with van der Waals surface area (Å²) in [5.41, 5.74) is 2.01. The predicted molar refractivity (Wildman–Crippen MR) is 107 cm³/mol. The molecule has 1 fully saturated rings. The molecule has 3 rings (SSSR count). The molecule has 7 heteroatoms. The predicted octanol–water partition coefficient (Wildman–Crippen LogP) is 3.73. The van der Waals surface area contributed by atoms with Crippen molar-refractivity contribution >= 4 is 11.7 Å². The Morgan fingerprint density at radius 1 is 1.15 bits per heavy atom. The van der Waals surface area contributed by atoms with Gasteiger partial charge >= 0.3 is 6.03 Å². The smallest absolute Gasteiger partial charge is 0.319 e. The Bertz CT molecular complexity index is 750. The van der Waals surface area contributed by atoms with Crippen LogP contribution in [-0.4, -0.2) is 38.8 Å². The first-order valence-electron chi connectivity index (χ1n) is 9.81. The maximum absolute atomic E-state index is 12.6. The normalized spacial score (nSPS) is 16.3. The molecule has 2 amide bonds. The van der Waals surface area contributed by atoms with E-state index in [4.69, 9.17) is 0 Å². The van der Waals surface area contributed by atoms with Gasteiger partial charge in [0, 0.05) is 18.3 Å². The number of anilines is 1. The van der Waals surface area contributed by atoms with Crippen LogP contribution >= 0.6 is 0 Å². The van der Waals surface area contributed by atoms with Crippen LogP contribution in [0.5, 0.6) is 0 Å². The molecular formula is C20H30N6O. The minimum absolute atomic E-state index is 0.230. The number of rotatable bonds is 6. The van der Waals surface area contributed by atoms with Gasteiger partial charge in [0.05, 0.1) is 6.04 Å². The molecule has 0 unspecified atom stereocenters. The lowest BCUT2D eigenvalue weighted by Crippen LogP contribution is -2.34. The van der Waals surface area contributed by atoms with Crippen LogP contribution in [0.15, 0.2) is 30.6 Å². The van der Waals surface area contributed by atoms with E-state index < -0.39 is 0 Å². The molecule has 2 heterocycles. The highest BCUT2D eigenvalue weighted by Gasteiger charge is 2.18. The van der Waals surface area contributed by atoms with Crippen LogP contribution in [0.25, 0.3) is 0 Å². The topological polar surface area (TPSA) is 75.1 Å². The van der Waals surface area contributed by atoms with Crippen LogP contribution in [0.3, 0.4) is 0 Å². The maximum Gasteiger partial charge on any atom is 0.319 e. The van der Waals surface area contributed by atoms with E-state index in [-0.39, 0.29) is 18.1 Å². The third-order valence-electron chi connectivity index (χ3n) is 5.00. The van der Waals surface area contributed by atoms with Crippen molar-refractivity contribution in [3.63, 3.8) is 0 Å². The second kappa shape index (κ2) is 8.99. The Balaban J connectivity index is 1.63. The minimum atomic E-state index is -0.232. The van der Waals surface area contributed by atoms with Crippen molar-refractivity contribution in [3.8, 4) is 0 Å². The summed E-state index contributed by atoms with van der Waals surface area (Å²) in [7, 11) is 0. The van der Waals surface area contributed by atoms with E-state index in [0.717, 1.165) is 36.7 Å². The molecule has 7 nitrogen and oxygen atoms in total. The number of nitrogens with zero attached hydrogens (tertiary/aromatic N) is 4. The first kappa shape index (κ1) is 19.4. The molecule has 1 saturated heterocycles. The van der Waals surface area contributed by atoms with Gasteiger partial charge in [0.2, 0.25) is 0 Å². The van der Waals surface area contributed by atoms with Gasteiger partial charge in [-0.2, -0.15) is 0 Å². The zero-order valence-corrected chi connectivity index (χ0v) is 16.5. The van der Waals surface area contributed by atoms with Crippen LogP contribution < -0.4 is 10.6 Å². The lowest BCUT2D eigenvalue weighted by atomic mass is 10.1. The van der Waals surface area contributed by atoms with Crippen LogP contribution in [-0.2, 0) is 6.54 Å². The molecule has 1 aliphatic rings. The standard InChI is InChI=1S/C20H30N6O/c1-15(2)26-14-21-24-19(26)16(3)22-20(27)23-18-10-6-5-9-17(18)13-25-11-7-4-8-12-25/h5-6,9-10,14-16H,4,7-8,11-13H2,1-3H3,(H2,22,23,27)/t16-/m1/s1. The lowest BCUT2D eigenvalue weighted by Gasteiger charge is -2.27. The maximum atomic E-state index is 12.6. The molecule has 0 radical (unpaired) electrons. The number of carbonyl (C=O) groups excluding carboxylic acids is 1. The number of hydrogen-bond donors (Lipinski definition) is 2. The Hall–Kier alpha value is -2.41. The Morgan fingerprint density at radius 3 is 2.63 bits per heavy atom. The third-order valence-corrected chi connectivity index (χ3v) is 5.00. The fourth-order valence-electron chi connectivity index (χ4n) is 3.52. The number of piperidine rings is 1. The molecule has 1 atom stereocenters. The summed E-state index contributed by atoms with van der Waals surface area (Å²) in [4.78, 5) is 15.0. The lowest BCUT2D eigenvalue weighted by molar-refractivity contribution is 0.221. The number of hydrogen-bond acceptors (Lipinski definition) is 4. The molecule has 0 spiro atoms. The molecule has 146 valence electrons. The molecule has 1 aromatic carbocycles. The SMILES string of the molecule is CC(C)n1cnnc1[C@@H](C)NC(=O)Nc1ccccc1CN1CCCCC1. The molecule has 2 aromatic rings. The molecule has 0 aliphatic carbocycles. The van der Waals surface area contributed by atoms with Gasteiger partial charge in [-0.05, 0) is 58.3 Å². The molecule has 27 heavy (non-hydrogen) atoms. The molecule has 1 aliphatic heterocycles. The van der Waals surface area contributed by atoms with Crippen LogP contribution in [0.2, 0.25) is 0 Å². The van der Waals surface area contributed by atoms with Crippen molar-refractivity contribution in [2.24, 2.45) is 0 Å². The third kappa shape index (κ3) is 5.07. The van der Waals surface area contributed by atoms with E-state index in [9.17, 15) is 4.79 Å². The number of amides is 2. The summed E-state index contributed by atoms with van der Waals surface area (Å²) in [6.07, 6.45) is 5.52. The summed E-state index contributed by atoms with van der Waals surface area (Å²) in [5, 5.41) is 14.1. The summed E-state index contributed by atoms with van der Waals surface area (Å²) >= 11 is 0. The Morgan fingerprint density at radius 2 is 1.89 bits per heavy atom. The van der Waals surface area contributed by atoms with Crippen molar-refractivity contribution in [3.05, 3.63) is 42.0 Å². The fraction of sp³-hybridized carbons (Fsp3) is 0.550. The van der Waals surface area contributed by atoms with Crippen LogP contribution in [0, 0.1) is 0 Å². The average molecular weight is 371 g/mol. The Kier molecular flexibility index (Phi) is 6.45. The van der Waals surface area contributed by atoms with Gasteiger partial charge in [0.15, 0.2) is 5.82 Å². The first-order chi connectivity index (χ1) is 13.0. The number of aromatic nitrogens is 3. The van der Waals surface area contributed by atoms with Crippen molar-refractivity contribution < 1.29 is 4.79 Å². The highest BCUT2D eigenvalue weighted by atomic mass is 16.2. The molecule has 0 bridgehead atoms. The van der Waals surface area contributed by atoms with E-state index >= 15 is 0 Å². The summed E-state index contributed by atoms with van der Waals surface area (Å²) in [6.45, 7) is 9.17. The van der Waals surface area contributed by atoms with Crippen LogP contribution in [0.1, 0.15) is 63.5 Å². The summed E-state index contributed by atoms with van der Waals surface area (Å²) in [6, 6.07) is 7.80. The first-order valence-corrected chi connectivity index (χ1v) is 9.81. The Labute approximate surface area is 161 Å². The van der Waals surface area contributed by atoms with Gasteiger partial charge in [0.1, 0.15) is 6.33 Å². The van der Waals surface area contributed by atoms with Crippen LogP contribution in [0.4, 0.5) is 10.5 Å². The number of nitrogens with one attached hydrogen (secondary N) is 2. The largest absolute Gasteiger partial charge is 0.328 e. The van der Waals surface area contributed by atoms with Gasteiger partial charge in [-0.3, -0.25) is 4.90 Å². The highest BCUT2D eigenvalue weighted by Crippen LogP contribution is 2.20. The second-order valence-electron chi connectivity index (χ2n) is 7.50. The van der Waals surface area contributed by atoms with Gasteiger partial charge < -0.3 is 15.2 Å². The fourth-order valence-corrected chi connectivity index (χ4v) is 3.52. The van der Waals surface area contributed by atoms with E-state index in [2.05, 4.69) is 45.6 Å². The molecule has 2 N–H and O–H groups in total. The van der Waals surface area contributed by atoms with Gasteiger partial charge in [-0.15, -0.1) is 10.2 Å². The molecular weight excluding hydrogens is 340 g/mol. The molecule has 1 aromatic heterocycles. The number of urea groups is 1. The summed E-state index contributed by atoms with van der Waals surface area (Å²) < 4.78 is 1.97. The average Bonchev–Trinajstić information content (AvgIpc) is 3.14. The van der Waals surface area contributed by atoms with Crippen molar-refractivity contribution in [2.75, 3.05) is 18.4 Å². The van der Waals surface area contributed by atoms with Crippen molar-refractivity contribution in [2.45, 2.75) is 58.7 Å². The summed E-state index contributed by atoms with van der Waals surface area (Å²) in [5.74, 6) is 0.752.